The molecule has 0 heterocycles. The van der Waals surface area contributed by atoms with Crippen molar-refractivity contribution in [1.82, 2.24) is 0 Å². The van der Waals surface area contributed by atoms with Gasteiger partial charge in [0.1, 0.15) is 19.8 Å². The molecule has 0 saturated heterocycles. The average molecular weight is 1050 g/mol. The summed E-state index contributed by atoms with van der Waals surface area (Å²) in [6, 6.07) is 0. The standard InChI is InChI=1S/C64H110NO8P/c1-6-8-10-12-14-16-18-19-20-21-22-23-24-25-26-27-28-29-30-31-32-33-34-35-36-37-38-39-40-41-42-43-44-45-47-49-51-53-55-57-64(67)73-62(61-72-74(68,69)71-59-58-65(3,4)5)60-70-63(66)56-54-52-50-48-46-17-15-13-11-9-7-2/h8,10,14,16,19-20,22-23,25-26,28-29,31-32,34-35,37-38,62H,6-7,9,11-13,15,17-18,21,24,27,30,33,36,39-61H2,1-5H3/p+1/b10-8-,16-14-,20-19-,23-22-,26-25-,29-28-,32-31-,35-34-,38-37-. The van der Waals surface area contributed by atoms with E-state index in [0.717, 1.165) is 103 Å². The molecule has 0 saturated carbocycles. The van der Waals surface area contributed by atoms with Gasteiger partial charge in [-0.25, -0.2) is 4.57 Å². The van der Waals surface area contributed by atoms with Crippen LogP contribution >= 0.6 is 7.82 Å². The second-order valence-corrected chi connectivity index (χ2v) is 22.1. The maximum absolute atomic E-state index is 12.8. The molecule has 10 heteroatoms. The maximum Gasteiger partial charge on any atom is 0.472 e. The van der Waals surface area contributed by atoms with Crippen molar-refractivity contribution in [3.05, 3.63) is 109 Å². The van der Waals surface area contributed by atoms with Gasteiger partial charge in [-0.15, -0.1) is 0 Å². The van der Waals surface area contributed by atoms with Gasteiger partial charge >= 0.3 is 19.8 Å². The van der Waals surface area contributed by atoms with Gasteiger partial charge < -0.3 is 18.9 Å². The highest BCUT2D eigenvalue weighted by atomic mass is 31.2. The number of phosphoric ester groups is 1. The molecule has 424 valence electrons. The Morgan fingerprint density at radius 2 is 0.770 bits per heavy atom. The number of carbonyl (C=O) groups is 2. The molecule has 0 aliphatic rings. The summed E-state index contributed by atoms with van der Waals surface area (Å²) >= 11 is 0. The second kappa shape index (κ2) is 54.5. The first-order chi connectivity index (χ1) is 36.0. The van der Waals surface area contributed by atoms with Gasteiger partial charge in [0.25, 0.3) is 0 Å². The average Bonchev–Trinajstić information content (AvgIpc) is 3.36. The first kappa shape index (κ1) is 70.7. The summed E-state index contributed by atoms with van der Waals surface area (Å²) in [7, 11) is 1.47. The van der Waals surface area contributed by atoms with Crippen LogP contribution in [0.3, 0.4) is 0 Å². The highest BCUT2D eigenvalue weighted by Crippen LogP contribution is 2.43. The van der Waals surface area contributed by atoms with Crippen LogP contribution in [0, 0.1) is 0 Å². The first-order valence-electron chi connectivity index (χ1n) is 29.6. The summed E-state index contributed by atoms with van der Waals surface area (Å²) < 4.78 is 34.5. The zero-order chi connectivity index (χ0) is 54.2. The Morgan fingerprint density at radius 3 is 1.15 bits per heavy atom. The number of hydrogen-bond acceptors (Lipinski definition) is 7. The number of unbranched alkanes of at least 4 members (excludes halogenated alkanes) is 21. The van der Waals surface area contributed by atoms with Crippen LogP contribution in [0.5, 0.6) is 0 Å². The number of allylic oxidation sites excluding steroid dienone is 18. The molecule has 0 fully saturated rings. The van der Waals surface area contributed by atoms with Crippen LogP contribution in [-0.4, -0.2) is 74.9 Å². The third-order valence-corrected chi connectivity index (χ3v) is 13.3. The SMILES string of the molecule is CC/C=C\C/C=C\C/C=C\C/C=C\C/C=C\C/C=C\C/C=C\C/C=C\C/C=C\CCCCCCCCCCCCCC(=O)OC(COC(=O)CCCCCCCCCCCCC)COP(=O)(O)OCC[N+](C)(C)C. The van der Waals surface area contributed by atoms with Gasteiger partial charge in [0.2, 0.25) is 0 Å². The van der Waals surface area contributed by atoms with Gasteiger partial charge in [-0.1, -0.05) is 245 Å². The molecule has 0 aromatic heterocycles. The molecule has 74 heavy (non-hydrogen) atoms. The topological polar surface area (TPSA) is 108 Å². The number of esters is 2. The molecule has 0 aliphatic heterocycles. The van der Waals surface area contributed by atoms with Gasteiger partial charge in [-0.2, -0.15) is 0 Å². The Balaban J connectivity index is 4.04. The molecule has 2 atom stereocenters. The number of likely N-dealkylation sites (N-methyl/N-ethyl adjacent to an activating group) is 1. The number of nitrogens with zero attached hydrogens (tertiary/aromatic N) is 1. The Hall–Kier alpha value is -3.33. The lowest BCUT2D eigenvalue weighted by Crippen LogP contribution is -2.37. The molecule has 1 N–H and O–H groups in total. The number of rotatable bonds is 53. The summed E-state index contributed by atoms with van der Waals surface area (Å²) in [4.78, 5) is 35.5. The van der Waals surface area contributed by atoms with Crippen molar-refractivity contribution in [2.24, 2.45) is 0 Å². The molecule has 0 aromatic carbocycles. The summed E-state index contributed by atoms with van der Waals surface area (Å²) in [5.41, 5.74) is 0. The Kier molecular flexibility index (Phi) is 52.0. The molecule has 0 aromatic rings. The van der Waals surface area contributed by atoms with Crippen LogP contribution in [0.2, 0.25) is 0 Å². The third-order valence-electron chi connectivity index (χ3n) is 12.3. The summed E-state index contributed by atoms with van der Waals surface area (Å²) in [6.07, 6.45) is 76.0. The zero-order valence-corrected chi connectivity index (χ0v) is 48.9. The largest absolute Gasteiger partial charge is 0.472 e. The molecular formula is C64H111NO8P+. The minimum Gasteiger partial charge on any atom is -0.462 e. The van der Waals surface area contributed by atoms with Gasteiger partial charge in [-0.3, -0.25) is 18.6 Å². The highest BCUT2D eigenvalue weighted by Gasteiger charge is 2.27. The fraction of sp³-hybridized carbons (Fsp3) is 0.688. The van der Waals surface area contributed by atoms with Crippen LogP contribution in [0.25, 0.3) is 0 Å². The lowest BCUT2D eigenvalue weighted by molar-refractivity contribution is -0.870. The molecule has 0 spiro atoms. The van der Waals surface area contributed by atoms with Gasteiger partial charge in [-0.05, 0) is 83.5 Å². The van der Waals surface area contributed by atoms with E-state index in [2.05, 4.69) is 123 Å². The number of quaternary nitrogens is 1. The van der Waals surface area contributed by atoms with Crippen molar-refractivity contribution in [3.63, 3.8) is 0 Å². The predicted octanol–water partition coefficient (Wildman–Crippen LogP) is 18.6. The molecule has 0 aliphatic carbocycles. The Labute approximate surface area is 455 Å². The monoisotopic (exact) mass is 1050 g/mol. The van der Waals surface area contributed by atoms with E-state index in [9.17, 15) is 19.0 Å². The molecule has 0 radical (unpaired) electrons. The fourth-order valence-corrected chi connectivity index (χ4v) is 8.51. The van der Waals surface area contributed by atoms with Crippen LogP contribution in [0.15, 0.2) is 109 Å². The number of phosphoric acid groups is 1. The number of carbonyl (C=O) groups excluding carboxylic acids is 2. The second-order valence-electron chi connectivity index (χ2n) is 20.7. The Morgan fingerprint density at radius 1 is 0.432 bits per heavy atom. The van der Waals surface area contributed by atoms with Crippen LogP contribution in [0.1, 0.15) is 232 Å². The van der Waals surface area contributed by atoms with E-state index in [1.807, 2.05) is 21.1 Å². The summed E-state index contributed by atoms with van der Waals surface area (Å²) in [5, 5.41) is 0. The van der Waals surface area contributed by atoms with Gasteiger partial charge in [0.05, 0.1) is 27.7 Å². The van der Waals surface area contributed by atoms with Crippen molar-refractivity contribution in [1.29, 1.82) is 0 Å². The smallest absolute Gasteiger partial charge is 0.462 e. The van der Waals surface area contributed by atoms with E-state index in [1.54, 1.807) is 0 Å². The minimum absolute atomic E-state index is 0.0283. The van der Waals surface area contributed by atoms with E-state index in [1.165, 1.54) is 96.3 Å². The molecule has 0 bridgehead atoms. The lowest BCUT2D eigenvalue weighted by atomic mass is 10.0. The molecule has 2 unspecified atom stereocenters. The van der Waals surface area contributed by atoms with E-state index in [-0.39, 0.29) is 32.0 Å². The first-order valence-corrected chi connectivity index (χ1v) is 31.1. The number of ether oxygens (including phenoxy) is 2. The van der Waals surface area contributed by atoms with Crippen molar-refractivity contribution in [2.75, 3.05) is 47.5 Å². The molecular weight excluding hydrogens is 942 g/mol. The van der Waals surface area contributed by atoms with E-state index >= 15 is 0 Å². The van der Waals surface area contributed by atoms with Gasteiger partial charge in [0.15, 0.2) is 6.10 Å². The normalized spacial score (nSPS) is 14.1. The van der Waals surface area contributed by atoms with Crippen LogP contribution in [0.4, 0.5) is 0 Å². The summed E-state index contributed by atoms with van der Waals surface area (Å²) in [6.45, 7) is 4.30. The van der Waals surface area contributed by atoms with E-state index in [0.29, 0.717) is 17.4 Å². The zero-order valence-electron chi connectivity index (χ0n) is 48.0. The molecule has 0 rings (SSSR count). The quantitative estimate of drug-likeness (QED) is 0.0211. The lowest BCUT2D eigenvalue weighted by Gasteiger charge is -2.24. The van der Waals surface area contributed by atoms with Crippen molar-refractivity contribution in [2.45, 2.75) is 238 Å². The Bertz CT molecular complexity index is 1620. The maximum atomic E-state index is 12.8. The van der Waals surface area contributed by atoms with Crippen LogP contribution in [-0.2, 0) is 32.7 Å². The third kappa shape index (κ3) is 57.9. The predicted molar refractivity (Wildman–Crippen MR) is 316 cm³/mol. The van der Waals surface area contributed by atoms with Crippen molar-refractivity contribution < 1.29 is 42.1 Å². The molecule has 0 amide bonds. The highest BCUT2D eigenvalue weighted by molar-refractivity contribution is 7.47. The van der Waals surface area contributed by atoms with Crippen molar-refractivity contribution in [3.8, 4) is 0 Å². The van der Waals surface area contributed by atoms with Gasteiger partial charge in [0, 0.05) is 12.8 Å². The fourth-order valence-electron chi connectivity index (χ4n) is 7.77. The number of hydrogen-bond donors (Lipinski definition) is 1. The summed E-state index contributed by atoms with van der Waals surface area (Å²) in [5.74, 6) is -0.803. The van der Waals surface area contributed by atoms with E-state index in [4.69, 9.17) is 18.5 Å². The minimum atomic E-state index is -4.38. The van der Waals surface area contributed by atoms with E-state index < -0.39 is 26.5 Å². The van der Waals surface area contributed by atoms with Crippen LogP contribution < -0.4 is 0 Å². The van der Waals surface area contributed by atoms with Crippen molar-refractivity contribution >= 4 is 19.8 Å². The molecule has 9 nitrogen and oxygen atoms in total.